The molecule has 1 heterocycles. The van der Waals surface area contributed by atoms with Crippen LogP contribution in [0.2, 0.25) is 0 Å². The van der Waals surface area contributed by atoms with Gasteiger partial charge >= 0.3 is 0 Å². The zero-order valence-electron chi connectivity index (χ0n) is 11.9. The number of benzene rings is 1. The number of hydrogen-bond acceptors (Lipinski definition) is 4. The van der Waals surface area contributed by atoms with Crippen LogP contribution < -0.4 is 0 Å². The van der Waals surface area contributed by atoms with Gasteiger partial charge in [0.1, 0.15) is 0 Å². The first-order chi connectivity index (χ1) is 9.61. The van der Waals surface area contributed by atoms with E-state index in [1.165, 1.54) is 0 Å². The lowest BCUT2D eigenvalue weighted by molar-refractivity contribution is 0.232. The number of hydrogen-bond donors (Lipinski definition) is 0. The van der Waals surface area contributed by atoms with E-state index in [1.807, 2.05) is 37.3 Å². The summed E-state index contributed by atoms with van der Waals surface area (Å²) >= 11 is 5.44. The van der Waals surface area contributed by atoms with E-state index < -0.39 is 0 Å². The van der Waals surface area contributed by atoms with Gasteiger partial charge in [0.15, 0.2) is 0 Å². The molecule has 1 aromatic heterocycles. The average Bonchev–Trinajstić information content (AvgIpc) is 2.80. The van der Waals surface area contributed by atoms with Crippen molar-refractivity contribution in [2.75, 3.05) is 13.1 Å². The molecule has 1 aromatic carbocycles. The molecule has 0 saturated carbocycles. The molecule has 0 aliphatic heterocycles. The fourth-order valence-electron chi connectivity index (χ4n) is 1.93. The normalized spacial score (nSPS) is 10.9. The molecule has 0 atom stereocenters. The lowest BCUT2D eigenvalue weighted by Crippen LogP contribution is -2.28. The SMILES string of the molecule is C=C(C)CN(CC)Cn1nnn(-c2ccccc2)c1=S. The van der Waals surface area contributed by atoms with Crippen LogP contribution in [0, 0.1) is 4.77 Å². The Hall–Kier alpha value is -1.79. The number of likely N-dealkylation sites (N-methyl/N-ethyl adjacent to an activating group) is 1. The molecule has 5 nitrogen and oxygen atoms in total. The van der Waals surface area contributed by atoms with Crippen LogP contribution in [0.5, 0.6) is 0 Å². The van der Waals surface area contributed by atoms with Crippen LogP contribution in [0.1, 0.15) is 13.8 Å². The second-order valence-corrected chi connectivity index (χ2v) is 5.12. The third kappa shape index (κ3) is 3.40. The summed E-state index contributed by atoms with van der Waals surface area (Å²) in [4.78, 5) is 2.21. The summed E-state index contributed by atoms with van der Waals surface area (Å²) in [5.41, 5.74) is 2.04. The summed E-state index contributed by atoms with van der Waals surface area (Å²) in [7, 11) is 0. The number of tetrazole rings is 1. The second-order valence-electron chi connectivity index (χ2n) is 4.75. The van der Waals surface area contributed by atoms with Crippen LogP contribution in [0.15, 0.2) is 42.5 Å². The Labute approximate surface area is 124 Å². The van der Waals surface area contributed by atoms with Crippen molar-refractivity contribution in [1.82, 2.24) is 24.7 Å². The van der Waals surface area contributed by atoms with Crippen LogP contribution in [-0.2, 0) is 6.67 Å². The van der Waals surface area contributed by atoms with Crippen molar-refractivity contribution in [2.24, 2.45) is 0 Å². The molecule has 20 heavy (non-hydrogen) atoms. The molecule has 0 fully saturated rings. The summed E-state index contributed by atoms with van der Waals surface area (Å²) in [5.74, 6) is 0. The van der Waals surface area contributed by atoms with Gasteiger partial charge in [0.25, 0.3) is 0 Å². The molecular weight excluding hydrogens is 270 g/mol. The molecule has 106 valence electrons. The van der Waals surface area contributed by atoms with Crippen molar-refractivity contribution >= 4 is 12.2 Å². The highest BCUT2D eigenvalue weighted by Gasteiger charge is 2.09. The predicted molar refractivity (Wildman–Crippen MR) is 82.2 cm³/mol. The molecule has 0 amide bonds. The first kappa shape index (κ1) is 14.6. The number of aromatic nitrogens is 4. The number of para-hydroxylation sites is 1. The smallest absolute Gasteiger partial charge is 0.221 e. The van der Waals surface area contributed by atoms with E-state index in [4.69, 9.17) is 12.2 Å². The molecule has 0 N–H and O–H groups in total. The fourth-order valence-corrected chi connectivity index (χ4v) is 2.16. The molecule has 0 aliphatic rings. The van der Waals surface area contributed by atoms with Gasteiger partial charge in [-0.25, -0.2) is 4.68 Å². The maximum Gasteiger partial charge on any atom is 0.221 e. The minimum absolute atomic E-state index is 0.594. The second kappa shape index (κ2) is 6.58. The predicted octanol–water partition coefficient (Wildman–Crippen LogP) is 2.65. The van der Waals surface area contributed by atoms with Gasteiger partial charge in [-0.3, -0.25) is 4.90 Å². The highest BCUT2D eigenvalue weighted by Crippen LogP contribution is 2.06. The Morgan fingerprint density at radius 2 is 2.00 bits per heavy atom. The quantitative estimate of drug-likeness (QED) is 0.605. The first-order valence-corrected chi connectivity index (χ1v) is 6.97. The van der Waals surface area contributed by atoms with Gasteiger partial charge in [-0.1, -0.05) is 37.3 Å². The van der Waals surface area contributed by atoms with Crippen molar-refractivity contribution in [3.63, 3.8) is 0 Å². The van der Waals surface area contributed by atoms with Gasteiger partial charge in [-0.15, -0.1) is 0 Å². The summed E-state index contributed by atoms with van der Waals surface area (Å²) in [6.07, 6.45) is 0. The minimum Gasteiger partial charge on any atom is -0.281 e. The van der Waals surface area contributed by atoms with Gasteiger partial charge in [-0.2, -0.15) is 4.68 Å². The molecule has 2 aromatic rings. The zero-order chi connectivity index (χ0) is 14.5. The van der Waals surface area contributed by atoms with Gasteiger partial charge in [-0.05, 0) is 48.2 Å². The molecule has 2 rings (SSSR count). The van der Waals surface area contributed by atoms with Crippen molar-refractivity contribution in [2.45, 2.75) is 20.5 Å². The van der Waals surface area contributed by atoms with E-state index in [1.54, 1.807) is 9.36 Å². The van der Waals surface area contributed by atoms with Crippen molar-refractivity contribution < 1.29 is 0 Å². The summed E-state index contributed by atoms with van der Waals surface area (Å²) < 4.78 is 4.00. The van der Waals surface area contributed by atoms with Gasteiger partial charge in [0, 0.05) is 6.54 Å². The number of rotatable bonds is 6. The molecular formula is C14H19N5S. The molecule has 6 heteroatoms. The van der Waals surface area contributed by atoms with Crippen LogP contribution >= 0.6 is 12.2 Å². The zero-order valence-corrected chi connectivity index (χ0v) is 12.7. The van der Waals surface area contributed by atoms with E-state index in [0.29, 0.717) is 11.4 Å². The van der Waals surface area contributed by atoms with Gasteiger partial charge in [0.2, 0.25) is 4.77 Å². The van der Waals surface area contributed by atoms with Crippen LogP contribution in [0.4, 0.5) is 0 Å². The van der Waals surface area contributed by atoms with E-state index in [2.05, 4.69) is 28.8 Å². The minimum atomic E-state index is 0.594. The maximum atomic E-state index is 5.44. The van der Waals surface area contributed by atoms with E-state index >= 15 is 0 Å². The number of nitrogens with zero attached hydrogens (tertiary/aromatic N) is 5. The Morgan fingerprint density at radius 1 is 1.30 bits per heavy atom. The van der Waals surface area contributed by atoms with Crippen LogP contribution in [-0.4, -0.2) is 37.8 Å². The average molecular weight is 289 g/mol. The van der Waals surface area contributed by atoms with E-state index in [0.717, 1.165) is 24.4 Å². The Kier molecular flexibility index (Phi) is 4.81. The highest BCUT2D eigenvalue weighted by atomic mass is 32.1. The first-order valence-electron chi connectivity index (χ1n) is 6.56. The third-order valence-corrected chi connectivity index (χ3v) is 3.30. The van der Waals surface area contributed by atoms with Crippen LogP contribution in [0.25, 0.3) is 5.69 Å². The van der Waals surface area contributed by atoms with Crippen molar-refractivity contribution in [1.29, 1.82) is 0 Å². The summed E-state index contributed by atoms with van der Waals surface area (Å²) in [5, 5.41) is 8.27. The fraction of sp³-hybridized carbons (Fsp3) is 0.357. The maximum absolute atomic E-state index is 5.44. The van der Waals surface area contributed by atoms with Crippen molar-refractivity contribution in [3.05, 3.63) is 47.3 Å². The molecule has 0 aliphatic carbocycles. The van der Waals surface area contributed by atoms with Crippen LogP contribution in [0.3, 0.4) is 0 Å². The molecule has 0 saturated heterocycles. The van der Waals surface area contributed by atoms with E-state index in [9.17, 15) is 0 Å². The third-order valence-electron chi connectivity index (χ3n) is 2.91. The Morgan fingerprint density at radius 3 is 2.60 bits per heavy atom. The van der Waals surface area contributed by atoms with Gasteiger partial charge in [0.05, 0.1) is 12.4 Å². The lowest BCUT2D eigenvalue weighted by Gasteiger charge is -2.19. The van der Waals surface area contributed by atoms with Gasteiger partial charge < -0.3 is 0 Å². The summed E-state index contributed by atoms with van der Waals surface area (Å²) in [6, 6.07) is 9.79. The Balaban J connectivity index is 2.21. The summed E-state index contributed by atoms with van der Waals surface area (Å²) in [6.45, 7) is 10.4. The van der Waals surface area contributed by atoms with E-state index in [-0.39, 0.29) is 0 Å². The standard InChI is InChI=1S/C14H19N5S/c1-4-17(10-12(2)3)11-18-14(20)19(16-15-18)13-8-6-5-7-9-13/h5-9H,2,4,10-11H2,1,3H3. The molecule has 0 unspecified atom stereocenters. The Bertz CT molecular complexity index is 629. The molecule has 0 spiro atoms. The topological polar surface area (TPSA) is 38.9 Å². The highest BCUT2D eigenvalue weighted by molar-refractivity contribution is 7.71. The molecule has 0 bridgehead atoms. The lowest BCUT2D eigenvalue weighted by atomic mass is 10.3. The largest absolute Gasteiger partial charge is 0.281 e. The monoisotopic (exact) mass is 289 g/mol. The molecule has 0 radical (unpaired) electrons. The van der Waals surface area contributed by atoms with Crippen molar-refractivity contribution in [3.8, 4) is 5.69 Å².